The Morgan fingerprint density at radius 3 is 2.57 bits per heavy atom. The first-order chi connectivity index (χ1) is 11.0. The molecule has 3 heterocycles. The lowest BCUT2D eigenvalue weighted by Gasteiger charge is -2.16. The molecule has 6 heteroatoms. The highest BCUT2D eigenvalue weighted by Gasteiger charge is 2.14. The van der Waals surface area contributed by atoms with Crippen molar-refractivity contribution in [1.29, 1.82) is 0 Å². The molecule has 3 aromatic rings. The summed E-state index contributed by atoms with van der Waals surface area (Å²) in [5.74, 6) is 0.631. The SMILES string of the molecule is CN(Cc1cnc(N(C)C)nc1)C(=O)c1cc2ccccn2c1. The molecule has 0 unspecified atom stereocenters. The van der Waals surface area contributed by atoms with E-state index in [1.807, 2.05) is 60.1 Å². The van der Waals surface area contributed by atoms with E-state index in [1.54, 1.807) is 24.3 Å². The number of anilines is 1. The number of pyridine rings is 1. The lowest BCUT2D eigenvalue weighted by Crippen LogP contribution is -2.26. The molecular formula is C17H19N5O. The molecule has 0 aromatic carbocycles. The summed E-state index contributed by atoms with van der Waals surface area (Å²) in [6.07, 6.45) is 7.28. The Labute approximate surface area is 135 Å². The predicted octanol–water partition coefficient (Wildman–Crippen LogP) is 2.07. The van der Waals surface area contributed by atoms with E-state index in [-0.39, 0.29) is 5.91 Å². The highest BCUT2D eigenvalue weighted by atomic mass is 16.2. The minimum Gasteiger partial charge on any atom is -0.347 e. The number of nitrogens with zero attached hydrogens (tertiary/aromatic N) is 5. The molecule has 1 amide bonds. The number of carbonyl (C=O) groups is 1. The third-order valence-electron chi connectivity index (χ3n) is 3.61. The number of rotatable bonds is 4. The van der Waals surface area contributed by atoms with Crippen LogP contribution in [0, 0.1) is 0 Å². The van der Waals surface area contributed by atoms with Crippen molar-refractivity contribution in [3.8, 4) is 0 Å². The van der Waals surface area contributed by atoms with E-state index in [9.17, 15) is 4.79 Å². The van der Waals surface area contributed by atoms with E-state index >= 15 is 0 Å². The predicted molar refractivity (Wildman–Crippen MR) is 89.6 cm³/mol. The second kappa shape index (κ2) is 6.08. The number of carbonyl (C=O) groups excluding carboxylic acids is 1. The molecule has 3 aromatic heterocycles. The normalized spacial score (nSPS) is 10.7. The van der Waals surface area contributed by atoms with Crippen LogP contribution in [0.4, 0.5) is 5.95 Å². The van der Waals surface area contributed by atoms with Gasteiger partial charge in [-0.3, -0.25) is 4.79 Å². The first kappa shape index (κ1) is 15.0. The summed E-state index contributed by atoms with van der Waals surface area (Å²) in [6.45, 7) is 0.471. The van der Waals surface area contributed by atoms with Crippen molar-refractivity contribution >= 4 is 17.4 Å². The molecule has 0 N–H and O–H groups in total. The van der Waals surface area contributed by atoms with Crippen molar-refractivity contribution in [3.05, 3.63) is 60.2 Å². The van der Waals surface area contributed by atoms with E-state index in [4.69, 9.17) is 0 Å². The molecule has 6 nitrogen and oxygen atoms in total. The number of fused-ring (bicyclic) bond motifs is 1. The Hall–Kier alpha value is -2.89. The van der Waals surface area contributed by atoms with Gasteiger partial charge in [0.25, 0.3) is 5.91 Å². The van der Waals surface area contributed by atoms with Crippen molar-refractivity contribution in [2.75, 3.05) is 26.0 Å². The zero-order valence-electron chi connectivity index (χ0n) is 13.5. The maximum Gasteiger partial charge on any atom is 0.255 e. The van der Waals surface area contributed by atoms with Crippen LogP contribution in [-0.4, -0.2) is 46.3 Å². The summed E-state index contributed by atoms with van der Waals surface area (Å²) in [7, 11) is 5.56. The Morgan fingerprint density at radius 2 is 1.91 bits per heavy atom. The van der Waals surface area contributed by atoms with Gasteiger partial charge >= 0.3 is 0 Å². The van der Waals surface area contributed by atoms with Crippen molar-refractivity contribution in [3.63, 3.8) is 0 Å². The lowest BCUT2D eigenvalue weighted by molar-refractivity contribution is 0.0785. The minimum absolute atomic E-state index is 0.0228. The van der Waals surface area contributed by atoms with Crippen LogP contribution in [0.5, 0.6) is 0 Å². The number of hydrogen-bond donors (Lipinski definition) is 0. The van der Waals surface area contributed by atoms with Gasteiger partial charge in [-0.1, -0.05) is 6.07 Å². The van der Waals surface area contributed by atoms with Crippen LogP contribution in [0.25, 0.3) is 5.52 Å². The summed E-state index contributed by atoms with van der Waals surface area (Å²) in [4.78, 5) is 24.6. The summed E-state index contributed by atoms with van der Waals surface area (Å²) in [5.41, 5.74) is 2.57. The van der Waals surface area contributed by atoms with E-state index < -0.39 is 0 Å². The molecule has 0 spiro atoms. The first-order valence-corrected chi connectivity index (χ1v) is 7.35. The van der Waals surface area contributed by atoms with E-state index in [2.05, 4.69) is 9.97 Å². The van der Waals surface area contributed by atoms with Crippen molar-refractivity contribution in [1.82, 2.24) is 19.3 Å². The van der Waals surface area contributed by atoms with Crippen LogP contribution in [0.1, 0.15) is 15.9 Å². The fourth-order valence-electron chi connectivity index (χ4n) is 2.40. The molecule has 0 aliphatic rings. The molecular weight excluding hydrogens is 290 g/mol. The topological polar surface area (TPSA) is 53.7 Å². The average molecular weight is 309 g/mol. The average Bonchev–Trinajstić information content (AvgIpc) is 2.98. The highest BCUT2D eigenvalue weighted by Crippen LogP contribution is 2.13. The number of hydrogen-bond acceptors (Lipinski definition) is 4. The van der Waals surface area contributed by atoms with Gasteiger partial charge < -0.3 is 14.2 Å². The van der Waals surface area contributed by atoms with Crippen molar-refractivity contribution in [2.24, 2.45) is 0 Å². The smallest absolute Gasteiger partial charge is 0.255 e. The van der Waals surface area contributed by atoms with Gasteiger partial charge in [-0.25, -0.2) is 9.97 Å². The van der Waals surface area contributed by atoms with E-state index in [0.29, 0.717) is 18.1 Å². The van der Waals surface area contributed by atoms with Crippen molar-refractivity contribution in [2.45, 2.75) is 6.54 Å². The van der Waals surface area contributed by atoms with Crippen LogP contribution in [0.2, 0.25) is 0 Å². The molecule has 0 radical (unpaired) electrons. The quantitative estimate of drug-likeness (QED) is 0.740. The fraction of sp³-hybridized carbons (Fsp3) is 0.235. The standard InChI is InChI=1S/C17H19N5O/c1-20(2)17-18-9-13(10-19-17)11-21(3)16(23)14-8-15-6-4-5-7-22(15)12-14/h4-10,12H,11H2,1-3H3. The minimum atomic E-state index is -0.0228. The third kappa shape index (κ3) is 3.15. The number of aromatic nitrogens is 3. The van der Waals surface area contributed by atoms with Gasteiger partial charge in [0.15, 0.2) is 0 Å². The van der Waals surface area contributed by atoms with Crippen LogP contribution in [0.15, 0.2) is 49.1 Å². The molecule has 23 heavy (non-hydrogen) atoms. The van der Waals surface area contributed by atoms with Gasteiger partial charge in [-0.2, -0.15) is 0 Å². The Morgan fingerprint density at radius 1 is 1.17 bits per heavy atom. The van der Waals surface area contributed by atoms with Gasteiger partial charge in [0, 0.05) is 63.6 Å². The second-order valence-corrected chi connectivity index (χ2v) is 5.71. The van der Waals surface area contributed by atoms with Crippen LogP contribution in [0.3, 0.4) is 0 Å². The Bertz CT molecular complexity index is 789. The van der Waals surface area contributed by atoms with Gasteiger partial charge in [0.1, 0.15) is 0 Å². The molecule has 0 saturated carbocycles. The molecule has 3 rings (SSSR count). The van der Waals surface area contributed by atoms with Crippen LogP contribution >= 0.6 is 0 Å². The maximum absolute atomic E-state index is 12.6. The second-order valence-electron chi connectivity index (χ2n) is 5.71. The molecule has 0 aliphatic carbocycles. The van der Waals surface area contributed by atoms with Crippen molar-refractivity contribution < 1.29 is 4.79 Å². The zero-order chi connectivity index (χ0) is 16.4. The summed E-state index contributed by atoms with van der Waals surface area (Å²) >= 11 is 0. The fourth-order valence-corrected chi connectivity index (χ4v) is 2.40. The molecule has 0 aliphatic heterocycles. The van der Waals surface area contributed by atoms with Crippen LogP contribution < -0.4 is 4.90 Å². The van der Waals surface area contributed by atoms with E-state index in [0.717, 1.165) is 11.1 Å². The Balaban J connectivity index is 1.74. The number of amides is 1. The third-order valence-corrected chi connectivity index (χ3v) is 3.61. The maximum atomic E-state index is 12.6. The molecule has 0 saturated heterocycles. The van der Waals surface area contributed by atoms with E-state index in [1.165, 1.54) is 0 Å². The molecule has 118 valence electrons. The lowest BCUT2D eigenvalue weighted by atomic mass is 10.2. The summed E-state index contributed by atoms with van der Waals surface area (Å²) in [5, 5.41) is 0. The van der Waals surface area contributed by atoms with Gasteiger partial charge in [-0.15, -0.1) is 0 Å². The highest BCUT2D eigenvalue weighted by molar-refractivity contribution is 5.95. The monoisotopic (exact) mass is 309 g/mol. The summed E-state index contributed by atoms with van der Waals surface area (Å²) in [6, 6.07) is 7.76. The molecule has 0 bridgehead atoms. The first-order valence-electron chi connectivity index (χ1n) is 7.35. The Kier molecular flexibility index (Phi) is 3.97. The van der Waals surface area contributed by atoms with Gasteiger partial charge in [0.2, 0.25) is 5.95 Å². The largest absolute Gasteiger partial charge is 0.347 e. The van der Waals surface area contributed by atoms with Gasteiger partial charge in [0.05, 0.1) is 5.56 Å². The molecule has 0 atom stereocenters. The summed E-state index contributed by atoms with van der Waals surface area (Å²) < 4.78 is 1.94. The zero-order valence-corrected chi connectivity index (χ0v) is 13.5. The van der Waals surface area contributed by atoms with Crippen LogP contribution in [-0.2, 0) is 6.54 Å². The van der Waals surface area contributed by atoms with Gasteiger partial charge in [-0.05, 0) is 18.2 Å². The molecule has 0 fully saturated rings.